The maximum absolute atomic E-state index is 3.55. The van der Waals surface area contributed by atoms with E-state index >= 15 is 0 Å². The number of hydrogen-bond acceptors (Lipinski definition) is 2. The number of rotatable bonds is 4. The Balaban J connectivity index is 2.00. The van der Waals surface area contributed by atoms with Gasteiger partial charge in [-0.15, -0.1) is 0 Å². The second-order valence-electron chi connectivity index (χ2n) is 6.04. The number of aryl methyl sites for hydroxylation is 3. The van der Waals surface area contributed by atoms with Crippen LogP contribution in [0.4, 0.5) is 0 Å². The molecule has 0 radical (unpaired) electrons. The zero-order chi connectivity index (χ0) is 14.5. The number of alkyl halides is 1. The Labute approximate surface area is 132 Å². The number of halogens is 1. The summed E-state index contributed by atoms with van der Waals surface area (Å²) in [5.74, 6) is 0. The van der Waals surface area contributed by atoms with Crippen molar-refractivity contribution in [1.82, 2.24) is 9.80 Å². The molecule has 1 fully saturated rings. The van der Waals surface area contributed by atoms with Gasteiger partial charge >= 0.3 is 0 Å². The zero-order valence-electron chi connectivity index (χ0n) is 13.1. The van der Waals surface area contributed by atoms with Crippen molar-refractivity contribution in [3.05, 3.63) is 34.4 Å². The summed E-state index contributed by atoms with van der Waals surface area (Å²) in [4.78, 5) is 5.20. The van der Waals surface area contributed by atoms with E-state index in [1.54, 1.807) is 0 Å². The maximum atomic E-state index is 3.55. The highest BCUT2D eigenvalue weighted by molar-refractivity contribution is 9.09. The van der Waals surface area contributed by atoms with Crippen LogP contribution >= 0.6 is 15.9 Å². The first kappa shape index (κ1) is 16.0. The zero-order valence-corrected chi connectivity index (χ0v) is 14.7. The lowest BCUT2D eigenvalue weighted by atomic mass is 9.99. The molecule has 0 aliphatic carbocycles. The molecule has 0 saturated carbocycles. The van der Waals surface area contributed by atoms with Gasteiger partial charge in [-0.05, 0) is 57.0 Å². The molecule has 0 bridgehead atoms. The summed E-state index contributed by atoms with van der Waals surface area (Å²) < 4.78 is 0. The van der Waals surface area contributed by atoms with Gasteiger partial charge < -0.3 is 4.90 Å². The van der Waals surface area contributed by atoms with E-state index in [0.29, 0.717) is 0 Å². The number of nitrogens with zero attached hydrogens (tertiary/aromatic N) is 2. The SMILES string of the molecule is Cc1cc(C)c(CN2CCCN(CCBr)CC2)c(C)c1. The topological polar surface area (TPSA) is 6.48 Å². The molecule has 1 saturated heterocycles. The van der Waals surface area contributed by atoms with Crippen LogP contribution in [0.2, 0.25) is 0 Å². The maximum Gasteiger partial charge on any atom is 0.0239 e. The quantitative estimate of drug-likeness (QED) is 0.775. The van der Waals surface area contributed by atoms with E-state index in [0.717, 1.165) is 11.9 Å². The van der Waals surface area contributed by atoms with Gasteiger partial charge in [-0.25, -0.2) is 0 Å². The van der Waals surface area contributed by atoms with Crippen molar-refractivity contribution in [3.8, 4) is 0 Å². The average Bonchev–Trinajstić information content (AvgIpc) is 2.60. The van der Waals surface area contributed by atoms with Gasteiger partial charge in [-0.3, -0.25) is 4.90 Å². The molecule has 1 aliphatic heterocycles. The third-order valence-corrected chi connectivity index (χ3v) is 4.66. The van der Waals surface area contributed by atoms with Gasteiger partial charge in [-0.1, -0.05) is 33.6 Å². The van der Waals surface area contributed by atoms with Crippen LogP contribution in [-0.2, 0) is 6.54 Å². The van der Waals surface area contributed by atoms with Gasteiger partial charge in [0.2, 0.25) is 0 Å². The van der Waals surface area contributed by atoms with Crippen LogP contribution in [0, 0.1) is 20.8 Å². The lowest BCUT2D eigenvalue weighted by molar-refractivity contribution is 0.258. The fraction of sp³-hybridized carbons (Fsp3) is 0.647. The highest BCUT2D eigenvalue weighted by Crippen LogP contribution is 2.19. The van der Waals surface area contributed by atoms with E-state index in [1.807, 2.05) is 0 Å². The predicted octanol–water partition coefficient (Wildman–Crippen LogP) is 3.51. The Morgan fingerprint density at radius 1 is 0.950 bits per heavy atom. The van der Waals surface area contributed by atoms with Crippen molar-refractivity contribution in [2.75, 3.05) is 38.1 Å². The lowest BCUT2D eigenvalue weighted by Crippen LogP contribution is -2.31. The monoisotopic (exact) mass is 338 g/mol. The molecule has 20 heavy (non-hydrogen) atoms. The van der Waals surface area contributed by atoms with E-state index in [-0.39, 0.29) is 0 Å². The molecule has 0 aromatic heterocycles. The normalized spacial score (nSPS) is 18.2. The van der Waals surface area contributed by atoms with Crippen molar-refractivity contribution in [3.63, 3.8) is 0 Å². The number of hydrogen-bond donors (Lipinski definition) is 0. The van der Waals surface area contributed by atoms with Crippen molar-refractivity contribution >= 4 is 15.9 Å². The molecule has 0 amide bonds. The fourth-order valence-electron chi connectivity index (χ4n) is 3.21. The fourth-order valence-corrected chi connectivity index (χ4v) is 3.71. The molecule has 3 heteroatoms. The third kappa shape index (κ3) is 4.31. The van der Waals surface area contributed by atoms with Crippen molar-refractivity contribution in [2.45, 2.75) is 33.7 Å². The second-order valence-corrected chi connectivity index (χ2v) is 6.83. The summed E-state index contributed by atoms with van der Waals surface area (Å²) in [7, 11) is 0. The molecule has 1 aromatic rings. The van der Waals surface area contributed by atoms with Gasteiger partial charge in [0.1, 0.15) is 0 Å². The van der Waals surface area contributed by atoms with E-state index in [2.05, 4.69) is 58.6 Å². The summed E-state index contributed by atoms with van der Waals surface area (Å²) in [6.45, 7) is 13.9. The lowest BCUT2D eigenvalue weighted by Gasteiger charge is -2.23. The van der Waals surface area contributed by atoms with Crippen LogP contribution in [0.1, 0.15) is 28.7 Å². The van der Waals surface area contributed by atoms with Gasteiger partial charge in [0.15, 0.2) is 0 Å². The Hall–Kier alpha value is -0.380. The summed E-state index contributed by atoms with van der Waals surface area (Å²) >= 11 is 3.55. The first-order chi connectivity index (χ1) is 9.60. The van der Waals surface area contributed by atoms with Crippen LogP contribution in [-0.4, -0.2) is 47.9 Å². The minimum atomic E-state index is 1.09. The summed E-state index contributed by atoms with van der Waals surface area (Å²) in [5.41, 5.74) is 5.81. The molecule has 112 valence electrons. The highest BCUT2D eigenvalue weighted by Gasteiger charge is 2.16. The molecule has 1 aliphatic rings. The molecule has 0 atom stereocenters. The Morgan fingerprint density at radius 2 is 1.55 bits per heavy atom. The van der Waals surface area contributed by atoms with Crippen LogP contribution in [0.5, 0.6) is 0 Å². The Kier molecular flexibility index (Phi) is 6.06. The molecular weight excluding hydrogens is 312 g/mol. The molecule has 0 unspecified atom stereocenters. The van der Waals surface area contributed by atoms with Gasteiger partial charge in [0.25, 0.3) is 0 Å². The molecule has 0 N–H and O–H groups in total. The first-order valence-corrected chi connectivity index (χ1v) is 8.79. The first-order valence-electron chi connectivity index (χ1n) is 7.67. The van der Waals surface area contributed by atoms with E-state index in [9.17, 15) is 0 Å². The summed E-state index contributed by atoms with van der Waals surface area (Å²) in [5, 5.41) is 1.09. The van der Waals surface area contributed by atoms with Crippen LogP contribution in [0.15, 0.2) is 12.1 Å². The van der Waals surface area contributed by atoms with Crippen LogP contribution < -0.4 is 0 Å². The van der Waals surface area contributed by atoms with E-state index in [4.69, 9.17) is 0 Å². The molecule has 1 aromatic carbocycles. The highest BCUT2D eigenvalue weighted by atomic mass is 79.9. The van der Waals surface area contributed by atoms with Crippen molar-refractivity contribution in [1.29, 1.82) is 0 Å². The molecule has 2 nitrogen and oxygen atoms in total. The van der Waals surface area contributed by atoms with E-state index in [1.165, 1.54) is 61.4 Å². The van der Waals surface area contributed by atoms with Gasteiger partial charge in [0.05, 0.1) is 0 Å². The second kappa shape index (κ2) is 7.58. The summed E-state index contributed by atoms with van der Waals surface area (Å²) in [6.07, 6.45) is 1.29. The van der Waals surface area contributed by atoms with Crippen LogP contribution in [0.25, 0.3) is 0 Å². The van der Waals surface area contributed by atoms with Gasteiger partial charge in [0, 0.05) is 31.5 Å². The predicted molar refractivity (Wildman–Crippen MR) is 90.8 cm³/mol. The minimum Gasteiger partial charge on any atom is -0.301 e. The average molecular weight is 339 g/mol. The minimum absolute atomic E-state index is 1.09. The molecule has 1 heterocycles. The van der Waals surface area contributed by atoms with Crippen LogP contribution in [0.3, 0.4) is 0 Å². The van der Waals surface area contributed by atoms with Gasteiger partial charge in [-0.2, -0.15) is 0 Å². The molecule has 2 rings (SSSR count). The van der Waals surface area contributed by atoms with Crippen molar-refractivity contribution < 1.29 is 0 Å². The Morgan fingerprint density at radius 3 is 2.20 bits per heavy atom. The largest absolute Gasteiger partial charge is 0.301 e. The molecular formula is C17H27BrN2. The Bertz CT molecular complexity index is 422. The summed E-state index contributed by atoms with van der Waals surface area (Å²) in [6, 6.07) is 4.63. The molecule has 0 spiro atoms. The smallest absolute Gasteiger partial charge is 0.0239 e. The van der Waals surface area contributed by atoms with E-state index < -0.39 is 0 Å². The number of benzene rings is 1. The standard InChI is InChI=1S/C17H27BrN2/c1-14-11-15(2)17(16(3)12-14)13-20-7-4-6-19(8-5-18)9-10-20/h11-12H,4-10,13H2,1-3H3. The third-order valence-electron chi connectivity index (χ3n) is 4.30. The van der Waals surface area contributed by atoms with Crippen molar-refractivity contribution in [2.24, 2.45) is 0 Å².